The van der Waals surface area contributed by atoms with Crippen molar-refractivity contribution in [3.8, 4) is 11.8 Å². The maximum Gasteiger partial charge on any atom is 0.239 e. The smallest absolute Gasteiger partial charge is 0.239 e. The van der Waals surface area contributed by atoms with E-state index in [0.717, 1.165) is 17.8 Å². The molecule has 0 aliphatic carbocycles. The number of nitriles is 1. The summed E-state index contributed by atoms with van der Waals surface area (Å²) in [6, 6.07) is 11.1. The second-order valence-electron chi connectivity index (χ2n) is 7.31. The van der Waals surface area contributed by atoms with Gasteiger partial charge in [-0.15, -0.1) is 0 Å². The van der Waals surface area contributed by atoms with Crippen molar-refractivity contribution in [2.75, 3.05) is 18.9 Å². The molecule has 1 aromatic heterocycles. The number of hydrogen-bond donors (Lipinski definition) is 1. The molecule has 0 aliphatic heterocycles. The summed E-state index contributed by atoms with van der Waals surface area (Å²) >= 11 is 0. The van der Waals surface area contributed by atoms with Crippen molar-refractivity contribution in [1.29, 1.82) is 5.26 Å². The summed E-state index contributed by atoms with van der Waals surface area (Å²) in [6.07, 6.45) is 0. The average molecular weight is 426 g/mol. The summed E-state index contributed by atoms with van der Waals surface area (Å²) in [4.78, 5) is 14.3. The van der Waals surface area contributed by atoms with Crippen molar-refractivity contribution in [3.63, 3.8) is 0 Å². The molecule has 0 saturated carbocycles. The van der Waals surface area contributed by atoms with Crippen LogP contribution >= 0.6 is 0 Å². The molecule has 0 radical (unpaired) electrons. The Morgan fingerprint density at radius 2 is 1.74 bits per heavy atom. The number of rotatable bonds is 6. The van der Waals surface area contributed by atoms with E-state index in [1.54, 1.807) is 42.5 Å². The maximum atomic E-state index is 13.9. The van der Waals surface area contributed by atoms with E-state index in [1.165, 1.54) is 18.2 Å². The minimum atomic E-state index is -0.685. The van der Waals surface area contributed by atoms with Gasteiger partial charge in [0.15, 0.2) is 0 Å². The van der Waals surface area contributed by atoms with Crippen LogP contribution in [0.25, 0.3) is 5.69 Å². The number of benzene rings is 2. The minimum Gasteiger partial charge on any atom is -0.310 e. The Morgan fingerprint density at radius 1 is 1.10 bits per heavy atom. The van der Waals surface area contributed by atoms with E-state index in [0.29, 0.717) is 16.8 Å². The average Bonchev–Trinajstić information content (AvgIpc) is 2.94. The lowest BCUT2D eigenvalue weighted by atomic mass is 10.2. The van der Waals surface area contributed by atoms with Crippen LogP contribution in [0.4, 0.5) is 19.0 Å². The molecular formula is C23H21F3N4O. The largest absolute Gasteiger partial charge is 0.310 e. The Bertz CT molecular complexity index is 1160. The van der Waals surface area contributed by atoms with E-state index >= 15 is 0 Å². The van der Waals surface area contributed by atoms with Crippen LogP contribution in [0.3, 0.4) is 0 Å². The zero-order chi connectivity index (χ0) is 22.7. The molecule has 31 heavy (non-hydrogen) atoms. The maximum absolute atomic E-state index is 13.9. The van der Waals surface area contributed by atoms with Crippen LogP contribution in [-0.2, 0) is 11.3 Å². The molecule has 1 heterocycles. The number of likely N-dealkylation sites (N-methyl/N-ethyl adjacent to an activating group) is 1. The first kappa shape index (κ1) is 22.1. The third-order valence-electron chi connectivity index (χ3n) is 5.04. The van der Waals surface area contributed by atoms with E-state index in [-0.39, 0.29) is 24.5 Å². The number of halogens is 3. The highest BCUT2D eigenvalue weighted by Gasteiger charge is 2.21. The highest BCUT2D eigenvalue weighted by atomic mass is 19.1. The molecule has 0 fully saturated rings. The van der Waals surface area contributed by atoms with Crippen molar-refractivity contribution < 1.29 is 18.0 Å². The summed E-state index contributed by atoms with van der Waals surface area (Å²) in [7, 11) is 1.63. The van der Waals surface area contributed by atoms with Gasteiger partial charge in [-0.3, -0.25) is 14.3 Å². The molecule has 3 rings (SSSR count). The quantitative estimate of drug-likeness (QED) is 0.633. The van der Waals surface area contributed by atoms with Crippen LogP contribution in [0.5, 0.6) is 0 Å². The molecule has 160 valence electrons. The van der Waals surface area contributed by atoms with Crippen molar-refractivity contribution in [3.05, 3.63) is 82.3 Å². The van der Waals surface area contributed by atoms with Crippen LogP contribution in [0.2, 0.25) is 0 Å². The first-order chi connectivity index (χ1) is 14.7. The molecule has 0 bridgehead atoms. The van der Waals surface area contributed by atoms with Gasteiger partial charge >= 0.3 is 0 Å². The Kier molecular flexibility index (Phi) is 6.47. The van der Waals surface area contributed by atoms with E-state index < -0.39 is 23.4 Å². The number of aromatic nitrogens is 1. The first-order valence-corrected chi connectivity index (χ1v) is 9.51. The molecule has 8 heteroatoms. The van der Waals surface area contributed by atoms with Gasteiger partial charge in [-0.2, -0.15) is 5.26 Å². The molecular weight excluding hydrogens is 405 g/mol. The summed E-state index contributed by atoms with van der Waals surface area (Å²) in [6.45, 7) is 3.58. The fraction of sp³-hybridized carbons (Fsp3) is 0.217. The fourth-order valence-corrected chi connectivity index (χ4v) is 3.39. The zero-order valence-corrected chi connectivity index (χ0v) is 17.3. The van der Waals surface area contributed by atoms with E-state index in [2.05, 4.69) is 11.4 Å². The van der Waals surface area contributed by atoms with Crippen LogP contribution in [0, 0.1) is 42.6 Å². The lowest BCUT2D eigenvalue weighted by Crippen LogP contribution is -2.31. The van der Waals surface area contributed by atoms with Crippen LogP contribution in [0.15, 0.2) is 42.5 Å². The van der Waals surface area contributed by atoms with Gasteiger partial charge in [-0.25, -0.2) is 13.2 Å². The van der Waals surface area contributed by atoms with Gasteiger partial charge in [0.2, 0.25) is 5.91 Å². The van der Waals surface area contributed by atoms with Gasteiger partial charge in [0.05, 0.1) is 12.1 Å². The Morgan fingerprint density at radius 3 is 2.35 bits per heavy atom. The summed E-state index contributed by atoms with van der Waals surface area (Å²) in [5, 5.41) is 12.4. The molecule has 1 amide bonds. The highest BCUT2D eigenvalue weighted by molar-refractivity contribution is 5.93. The molecule has 0 atom stereocenters. The second kappa shape index (κ2) is 9.06. The highest BCUT2D eigenvalue weighted by Crippen LogP contribution is 2.30. The third kappa shape index (κ3) is 4.78. The second-order valence-corrected chi connectivity index (χ2v) is 7.31. The van der Waals surface area contributed by atoms with Crippen LogP contribution in [0.1, 0.15) is 22.4 Å². The number of nitrogens with one attached hydrogen (secondary N) is 1. The van der Waals surface area contributed by atoms with E-state index in [1.807, 2.05) is 0 Å². The van der Waals surface area contributed by atoms with Crippen molar-refractivity contribution in [2.45, 2.75) is 20.4 Å². The topological polar surface area (TPSA) is 61.1 Å². The normalized spacial score (nSPS) is 10.9. The zero-order valence-electron chi connectivity index (χ0n) is 17.3. The number of carbonyl (C=O) groups excluding carboxylic acids is 1. The molecule has 0 unspecified atom stereocenters. The minimum absolute atomic E-state index is 0.0889. The lowest BCUT2D eigenvalue weighted by molar-refractivity contribution is -0.117. The van der Waals surface area contributed by atoms with Crippen LogP contribution < -0.4 is 5.32 Å². The van der Waals surface area contributed by atoms with E-state index in [4.69, 9.17) is 0 Å². The number of amides is 1. The standard InChI is InChI=1S/C23H21F3N4O/c1-14-15(2)30(19-8-6-17(24)7-9-19)23(20(14)11-27)28-22(31)13-29(3)12-16-4-5-18(25)10-21(16)26/h4-10H,12-13H2,1-3H3,(H,28,31). The van der Waals surface area contributed by atoms with Gasteiger partial charge in [0.1, 0.15) is 29.3 Å². The Hall–Kier alpha value is -3.57. The van der Waals surface area contributed by atoms with Crippen molar-refractivity contribution in [2.24, 2.45) is 0 Å². The van der Waals surface area contributed by atoms with Crippen LogP contribution in [-0.4, -0.2) is 29.0 Å². The van der Waals surface area contributed by atoms with E-state index in [9.17, 15) is 23.2 Å². The summed E-state index contributed by atoms with van der Waals surface area (Å²) < 4.78 is 42.0. The van der Waals surface area contributed by atoms with Crippen molar-refractivity contribution >= 4 is 11.7 Å². The molecule has 2 aromatic carbocycles. The van der Waals surface area contributed by atoms with Gasteiger partial charge in [0.25, 0.3) is 0 Å². The van der Waals surface area contributed by atoms with Gasteiger partial charge in [0, 0.05) is 29.6 Å². The summed E-state index contributed by atoms with van der Waals surface area (Å²) in [5.41, 5.74) is 2.60. The molecule has 0 saturated heterocycles. The predicted octanol–water partition coefficient (Wildman–Crippen LogP) is 4.45. The Balaban J connectivity index is 1.83. The predicted molar refractivity (Wildman–Crippen MR) is 111 cm³/mol. The molecule has 0 aliphatic rings. The van der Waals surface area contributed by atoms with Gasteiger partial charge in [-0.1, -0.05) is 6.07 Å². The van der Waals surface area contributed by atoms with Gasteiger partial charge < -0.3 is 5.32 Å². The Labute approximate surface area is 178 Å². The monoisotopic (exact) mass is 426 g/mol. The summed E-state index contributed by atoms with van der Waals surface area (Å²) in [5.74, 6) is -1.88. The molecule has 1 N–H and O–H groups in total. The van der Waals surface area contributed by atoms with Crippen molar-refractivity contribution in [1.82, 2.24) is 9.47 Å². The lowest BCUT2D eigenvalue weighted by Gasteiger charge is -2.18. The number of anilines is 1. The number of hydrogen-bond acceptors (Lipinski definition) is 3. The number of nitrogens with zero attached hydrogens (tertiary/aromatic N) is 3. The SMILES string of the molecule is Cc1c(C#N)c(NC(=O)CN(C)Cc2ccc(F)cc2F)n(-c2ccc(F)cc2)c1C. The van der Waals surface area contributed by atoms with Gasteiger partial charge in [-0.05, 0) is 56.8 Å². The molecule has 5 nitrogen and oxygen atoms in total. The molecule has 3 aromatic rings. The fourth-order valence-electron chi connectivity index (χ4n) is 3.39. The third-order valence-corrected chi connectivity index (χ3v) is 5.04. The number of carbonyl (C=O) groups is 1. The molecule has 0 spiro atoms. The first-order valence-electron chi connectivity index (χ1n) is 9.51.